The van der Waals surface area contributed by atoms with Crippen molar-refractivity contribution in [3.05, 3.63) is 48.6 Å². The van der Waals surface area contributed by atoms with Crippen LogP contribution in [-0.2, 0) is 14.9 Å². The zero-order chi connectivity index (χ0) is 42.5. The number of unbranched alkanes of at least 4 members (excludes halogenated alkanes) is 31. The monoisotopic (exact) mass is 834 g/mol. The summed E-state index contributed by atoms with van der Waals surface area (Å²) in [4.78, 5) is 12.6. The minimum atomic E-state index is -4.36. The first-order chi connectivity index (χ1) is 28.3. The number of nitrogens with one attached hydrogen (secondary N) is 1. The Morgan fingerprint density at radius 2 is 0.741 bits per heavy atom. The van der Waals surface area contributed by atoms with Crippen LogP contribution in [0.5, 0.6) is 0 Å². The molecule has 0 bridgehead atoms. The number of hydrogen-bond donors (Lipinski definition) is 3. The molecule has 0 fully saturated rings. The number of aliphatic hydroxyl groups excluding tert-OH is 1. The quantitative estimate of drug-likeness (QED) is 0.0322. The van der Waals surface area contributed by atoms with Gasteiger partial charge in [0, 0.05) is 6.42 Å². The average molecular weight is 834 g/mol. The fraction of sp³-hybridized carbons (Fsp3) is 0.824. The highest BCUT2D eigenvalue weighted by atomic mass is 32.2. The molecule has 0 aromatic carbocycles. The molecule has 0 saturated carbocycles. The van der Waals surface area contributed by atoms with Crippen molar-refractivity contribution in [1.29, 1.82) is 0 Å². The Morgan fingerprint density at radius 1 is 0.448 bits per heavy atom. The topological polar surface area (TPSA) is 104 Å². The molecule has 2 unspecified atom stereocenters. The number of carbonyl (C=O) groups excluding carboxylic acids is 1. The molecule has 0 aromatic rings. The van der Waals surface area contributed by atoms with Crippen LogP contribution >= 0.6 is 0 Å². The van der Waals surface area contributed by atoms with E-state index in [1.165, 1.54) is 192 Å². The Bertz CT molecular complexity index is 1100. The molecular weight excluding hydrogens is 739 g/mol. The zero-order valence-corrected chi connectivity index (χ0v) is 39.0. The van der Waals surface area contributed by atoms with Gasteiger partial charge in [0.05, 0.1) is 17.9 Å². The lowest BCUT2D eigenvalue weighted by molar-refractivity contribution is -0.122. The van der Waals surface area contributed by atoms with Gasteiger partial charge in [-0.1, -0.05) is 223 Å². The lowest BCUT2D eigenvalue weighted by atomic mass is 10.0. The van der Waals surface area contributed by atoms with E-state index in [9.17, 15) is 22.9 Å². The highest BCUT2D eigenvalue weighted by molar-refractivity contribution is 7.85. The summed E-state index contributed by atoms with van der Waals surface area (Å²) >= 11 is 0. The Hall–Kier alpha value is -1.70. The third kappa shape index (κ3) is 45.4. The van der Waals surface area contributed by atoms with E-state index in [2.05, 4.69) is 55.6 Å². The smallest absolute Gasteiger partial charge is 0.267 e. The standard InChI is InChI=1S/C51H95NO5S/c1-3-5-7-9-11-13-15-17-19-21-23-25-26-27-29-31-33-35-37-39-41-43-45-47-51(54)52-49(48-58(55,56)57)50(53)46-44-42-40-38-36-34-32-30-28-24-22-20-18-16-14-12-10-8-6-4-2/h21,23,28,30,36,38,44,46,49-50,53H,3-20,22,24-27,29,31-35,37,39-43,45,47-48H2,1-2H3,(H,52,54)(H,55,56,57)/b23-21-,30-28+,38-36+,46-44+. The summed E-state index contributed by atoms with van der Waals surface area (Å²) in [6.07, 6.45) is 61.2. The van der Waals surface area contributed by atoms with Crippen molar-refractivity contribution in [2.45, 2.75) is 264 Å². The van der Waals surface area contributed by atoms with Gasteiger partial charge in [-0.3, -0.25) is 9.35 Å². The summed E-state index contributed by atoms with van der Waals surface area (Å²) in [7, 11) is -4.36. The maximum Gasteiger partial charge on any atom is 0.267 e. The fourth-order valence-corrected chi connectivity index (χ4v) is 8.21. The Balaban J connectivity index is 3.87. The Kier molecular flexibility index (Phi) is 43.5. The van der Waals surface area contributed by atoms with Crippen LogP contribution in [0.1, 0.15) is 251 Å². The molecule has 0 aliphatic rings. The molecular formula is C51H95NO5S. The van der Waals surface area contributed by atoms with Crippen LogP contribution < -0.4 is 5.32 Å². The van der Waals surface area contributed by atoms with Crippen LogP contribution in [0.25, 0.3) is 0 Å². The van der Waals surface area contributed by atoms with Crippen LogP contribution in [0.4, 0.5) is 0 Å². The molecule has 0 aromatic heterocycles. The molecule has 0 aliphatic heterocycles. The molecule has 2 atom stereocenters. The van der Waals surface area contributed by atoms with E-state index in [0.29, 0.717) is 6.42 Å². The van der Waals surface area contributed by atoms with Gasteiger partial charge in [-0.05, 0) is 70.6 Å². The second-order valence-electron chi connectivity index (χ2n) is 17.1. The van der Waals surface area contributed by atoms with Crippen LogP contribution in [0, 0.1) is 0 Å². The summed E-state index contributed by atoms with van der Waals surface area (Å²) in [5, 5.41) is 13.3. The van der Waals surface area contributed by atoms with Gasteiger partial charge in [0.1, 0.15) is 0 Å². The van der Waals surface area contributed by atoms with Gasteiger partial charge < -0.3 is 10.4 Å². The normalized spacial score (nSPS) is 13.5. The van der Waals surface area contributed by atoms with Gasteiger partial charge in [-0.25, -0.2) is 0 Å². The molecule has 0 saturated heterocycles. The first kappa shape index (κ1) is 56.3. The van der Waals surface area contributed by atoms with Crippen LogP contribution in [0.15, 0.2) is 48.6 Å². The lowest BCUT2D eigenvalue weighted by Crippen LogP contribution is -2.46. The Labute approximate surface area is 360 Å². The van der Waals surface area contributed by atoms with E-state index < -0.39 is 28.0 Å². The molecule has 0 heterocycles. The first-order valence-corrected chi connectivity index (χ1v) is 26.4. The molecule has 7 heteroatoms. The minimum absolute atomic E-state index is 0.284. The molecule has 0 spiro atoms. The van der Waals surface area contributed by atoms with Crippen molar-refractivity contribution < 1.29 is 22.9 Å². The second kappa shape index (κ2) is 44.8. The van der Waals surface area contributed by atoms with Crippen LogP contribution in [0.3, 0.4) is 0 Å². The van der Waals surface area contributed by atoms with E-state index in [1.807, 2.05) is 6.08 Å². The van der Waals surface area contributed by atoms with Gasteiger partial charge in [0.2, 0.25) is 5.91 Å². The molecule has 0 rings (SSSR count). The molecule has 58 heavy (non-hydrogen) atoms. The van der Waals surface area contributed by atoms with Crippen molar-refractivity contribution in [2.24, 2.45) is 0 Å². The summed E-state index contributed by atoms with van der Waals surface area (Å²) in [6, 6.07) is -1.08. The van der Waals surface area contributed by atoms with Crippen molar-refractivity contribution in [1.82, 2.24) is 5.32 Å². The van der Waals surface area contributed by atoms with Gasteiger partial charge in [0.15, 0.2) is 0 Å². The maximum absolute atomic E-state index is 12.6. The number of amides is 1. The van der Waals surface area contributed by atoms with Gasteiger partial charge in [0.25, 0.3) is 10.1 Å². The van der Waals surface area contributed by atoms with E-state index in [-0.39, 0.29) is 12.3 Å². The number of carbonyl (C=O) groups is 1. The number of rotatable bonds is 45. The summed E-state index contributed by atoms with van der Waals surface area (Å²) in [5.74, 6) is -1.01. The molecule has 1 amide bonds. The molecule has 3 N–H and O–H groups in total. The second-order valence-corrected chi connectivity index (χ2v) is 18.6. The molecule has 0 radical (unpaired) electrons. The lowest BCUT2D eigenvalue weighted by Gasteiger charge is -2.21. The van der Waals surface area contributed by atoms with E-state index in [1.54, 1.807) is 0 Å². The van der Waals surface area contributed by atoms with Crippen molar-refractivity contribution in [3.8, 4) is 0 Å². The van der Waals surface area contributed by atoms with Gasteiger partial charge in [-0.15, -0.1) is 0 Å². The van der Waals surface area contributed by atoms with Crippen LogP contribution in [-0.4, -0.2) is 41.9 Å². The number of hydrogen-bond acceptors (Lipinski definition) is 4. The largest absolute Gasteiger partial charge is 0.387 e. The van der Waals surface area contributed by atoms with Crippen LogP contribution in [0.2, 0.25) is 0 Å². The van der Waals surface area contributed by atoms with Crippen molar-refractivity contribution >= 4 is 16.0 Å². The van der Waals surface area contributed by atoms with Gasteiger partial charge >= 0.3 is 0 Å². The Morgan fingerprint density at radius 3 is 1.09 bits per heavy atom. The van der Waals surface area contributed by atoms with E-state index in [4.69, 9.17) is 0 Å². The third-order valence-electron chi connectivity index (χ3n) is 11.2. The summed E-state index contributed by atoms with van der Waals surface area (Å²) in [6.45, 7) is 4.55. The minimum Gasteiger partial charge on any atom is -0.387 e. The SMILES string of the molecule is CCCCCCCCCC/C=C\CCCCCCCCCCCCCC(=O)NC(CS(=O)(=O)O)C(O)/C=C/CC/C=C/CC/C=C/CCCCCCCCCCCC. The summed E-state index contributed by atoms with van der Waals surface area (Å²) in [5.41, 5.74) is 0. The summed E-state index contributed by atoms with van der Waals surface area (Å²) < 4.78 is 32.6. The highest BCUT2D eigenvalue weighted by Crippen LogP contribution is 2.15. The van der Waals surface area contributed by atoms with Gasteiger partial charge in [-0.2, -0.15) is 8.42 Å². The van der Waals surface area contributed by atoms with Crippen molar-refractivity contribution in [2.75, 3.05) is 5.75 Å². The number of allylic oxidation sites excluding steroid dienone is 7. The van der Waals surface area contributed by atoms with Crippen molar-refractivity contribution in [3.63, 3.8) is 0 Å². The fourth-order valence-electron chi connectivity index (χ4n) is 7.48. The molecule has 340 valence electrons. The predicted molar refractivity (Wildman–Crippen MR) is 253 cm³/mol. The number of aliphatic hydroxyl groups is 1. The predicted octanol–water partition coefficient (Wildman–Crippen LogP) is 15.4. The van der Waals surface area contributed by atoms with E-state index >= 15 is 0 Å². The average Bonchev–Trinajstić information content (AvgIpc) is 3.19. The first-order valence-electron chi connectivity index (χ1n) is 24.8. The molecule has 6 nitrogen and oxygen atoms in total. The zero-order valence-electron chi connectivity index (χ0n) is 38.2. The highest BCUT2D eigenvalue weighted by Gasteiger charge is 2.24. The molecule has 0 aliphatic carbocycles. The van der Waals surface area contributed by atoms with E-state index in [0.717, 1.165) is 38.5 Å². The third-order valence-corrected chi connectivity index (χ3v) is 12.0. The maximum atomic E-state index is 12.6.